The van der Waals surface area contributed by atoms with Crippen LogP contribution >= 0.6 is 15.9 Å². The number of amides is 2. The zero-order valence-corrected chi connectivity index (χ0v) is 17.0. The Kier molecular flexibility index (Phi) is 5.35. The third kappa shape index (κ3) is 4.49. The molecule has 3 N–H and O–H groups in total. The van der Waals surface area contributed by atoms with Gasteiger partial charge in [0, 0.05) is 27.6 Å². The number of fused-ring (bicyclic) bond motifs is 1. The number of rotatable bonds is 5. The second kappa shape index (κ2) is 8.24. The predicted molar refractivity (Wildman–Crippen MR) is 116 cm³/mol. The summed E-state index contributed by atoms with van der Waals surface area (Å²) in [6.07, 6.45) is 3.28. The van der Waals surface area contributed by atoms with Crippen molar-refractivity contribution in [1.82, 2.24) is 9.97 Å². The molecule has 0 saturated heterocycles. The van der Waals surface area contributed by atoms with Crippen molar-refractivity contribution < 1.29 is 14.3 Å². The van der Waals surface area contributed by atoms with Crippen LogP contribution in [0.3, 0.4) is 0 Å². The molecule has 4 aromatic rings. The highest BCUT2D eigenvalue weighted by atomic mass is 79.9. The van der Waals surface area contributed by atoms with Crippen molar-refractivity contribution in [2.24, 2.45) is 0 Å². The highest BCUT2D eigenvalue weighted by Gasteiger charge is 2.09. The van der Waals surface area contributed by atoms with E-state index in [9.17, 15) is 4.79 Å². The highest BCUT2D eigenvalue weighted by molar-refractivity contribution is 9.10. The monoisotopic (exact) mass is 452 g/mol. The second-order valence-electron chi connectivity index (χ2n) is 6.13. The third-order valence-electron chi connectivity index (χ3n) is 4.17. The Balaban J connectivity index is 1.38. The number of pyridine rings is 1. The van der Waals surface area contributed by atoms with Crippen molar-refractivity contribution in [3.05, 3.63) is 71.5 Å². The number of benzene rings is 2. The van der Waals surface area contributed by atoms with Gasteiger partial charge in [-0.2, -0.15) is 0 Å². The van der Waals surface area contributed by atoms with Crippen LogP contribution in [0.2, 0.25) is 0 Å². The van der Waals surface area contributed by atoms with E-state index < -0.39 is 0 Å². The molecular weight excluding hydrogens is 436 g/mol. The van der Waals surface area contributed by atoms with Crippen LogP contribution in [0.15, 0.2) is 71.5 Å². The van der Waals surface area contributed by atoms with Crippen LogP contribution < -0.4 is 20.1 Å². The summed E-state index contributed by atoms with van der Waals surface area (Å²) in [5, 5.41) is 6.51. The van der Waals surface area contributed by atoms with E-state index in [2.05, 4.69) is 36.5 Å². The van der Waals surface area contributed by atoms with Crippen molar-refractivity contribution >= 4 is 44.2 Å². The number of urea groups is 1. The van der Waals surface area contributed by atoms with E-state index in [-0.39, 0.29) is 6.03 Å². The average Bonchev–Trinajstić information content (AvgIpc) is 3.11. The summed E-state index contributed by atoms with van der Waals surface area (Å²) in [5.74, 6) is 1.81. The van der Waals surface area contributed by atoms with Crippen LogP contribution in [0.5, 0.6) is 17.4 Å². The summed E-state index contributed by atoms with van der Waals surface area (Å²) in [5.41, 5.74) is 2.17. The Labute approximate surface area is 175 Å². The number of H-pyrrole nitrogens is 1. The van der Waals surface area contributed by atoms with E-state index in [4.69, 9.17) is 9.47 Å². The highest BCUT2D eigenvalue weighted by Crippen LogP contribution is 2.26. The van der Waals surface area contributed by atoms with Crippen molar-refractivity contribution in [1.29, 1.82) is 0 Å². The first-order chi connectivity index (χ1) is 14.1. The van der Waals surface area contributed by atoms with E-state index in [0.29, 0.717) is 23.0 Å². The minimum atomic E-state index is -0.362. The molecule has 7 nitrogen and oxygen atoms in total. The fourth-order valence-corrected chi connectivity index (χ4v) is 3.13. The quantitative estimate of drug-likeness (QED) is 0.358. The maximum Gasteiger partial charge on any atom is 0.323 e. The fraction of sp³-hybridized carbons (Fsp3) is 0.0476. The zero-order chi connectivity index (χ0) is 20.2. The molecule has 0 aliphatic heterocycles. The van der Waals surface area contributed by atoms with Gasteiger partial charge in [0.15, 0.2) is 0 Å². The van der Waals surface area contributed by atoms with Gasteiger partial charge in [-0.25, -0.2) is 9.78 Å². The van der Waals surface area contributed by atoms with Crippen molar-refractivity contribution in [3.8, 4) is 17.4 Å². The van der Waals surface area contributed by atoms with Crippen LogP contribution in [-0.4, -0.2) is 23.1 Å². The van der Waals surface area contributed by atoms with E-state index in [0.717, 1.165) is 21.1 Å². The molecule has 0 atom stereocenters. The SMILES string of the molecule is COc1ccc(Oc2ccc(NC(=O)Nc3c[nH]c4cc(Br)ccc34)cn2)cc1. The summed E-state index contributed by atoms with van der Waals surface area (Å²) in [6, 6.07) is 16.0. The molecule has 0 aliphatic rings. The van der Waals surface area contributed by atoms with E-state index in [1.807, 2.05) is 18.2 Å². The number of hydrogen-bond donors (Lipinski definition) is 3. The number of halogens is 1. The van der Waals surface area contributed by atoms with Gasteiger partial charge in [0.05, 0.1) is 24.7 Å². The van der Waals surface area contributed by atoms with Crippen molar-refractivity contribution in [3.63, 3.8) is 0 Å². The number of aromatic amines is 1. The molecular formula is C21H17BrN4O3. The second-order valence-corrected chi connectivity index (χ2v) is 7.05. The average molecular weight is 453 g/mol. The fourth-order valence-electron chi connectivity index (χ4n) is 2.77. The molecule has 8 heteroatoms. The molecule has 0 aliphatic carbocycles. The predicted octanol–water partition coefficient (Wildman–Crippen LogP) is 5.77. The number of aromatic nitrogens is 2. The lowest BCUT2D eigenvalue weighted by Crippen LogP contribution is -2.19. The van der Waals surface area contributed by atoms with Crippen molar-refractivity contribution in [2.75, 3.05) is 17.7 Å². The standard InChI is InChI=1S/C21H17BrN4O3/c1-28-15-4-6-16(7-5-15)29-20-9-3-14(11-24-20)25-21(27)26-19-12-23-18-10-13(22)2-8-17(18)19/h2-12,23H,1H3,(H2,25,26,27). The normalized spacial score (nSPS) is 10.6. The van der Waals surface area contributed by atoms with Crippen molar-refractivity contribution in [2.45, 2.75) is 0 Å². The molecule has 146 valence electrons. The molecule has 2 amide bonds. The molecule has 2 aromatic carbocycles. The Hall–Kier alpha value is -3.52. The topological polar surface area (TPSA) is 88.3 Å². The molecule has 0 bridgehead atoms. The van der Waals surface area contributed by atoms with Crippen LogP contribution in [0.4, 0.5) is 16.2 Å². The summed E-state index contributed by atoms with van der Waals surface area (Å²) in [7, 11) is 1.61. The summed E-state index contributed by atoms with van der Waals surface area (Å²) in [4.78, 5) is 19.7. The van der Waals surface area contributed by atoms with E-state index in [1.165, 1.54) is 6.20 Å². The maximum atomic E-state index is 12.3. The minimum absolute atomic E-state index is 0.362. The molecule has 0 spiro atoms. The third-order valence-corrected chi connectivity index (χ3v) is 4.66. The summed E-state index contributed by atoms with van der Waals surface area (Å²) < 4.78 is 11.8. The van der Waals surface area contributed by atoms with Gasteiger partial charge >= 0.3 is 6.03 Å². The number of methoxy groups -OCH3 is 1. The minimum Gasteiger partial charge on any atom is -0.497 e. The van der Waals surface area contributed by atoms with Gasteiger partial charge < -0.3 is 25.1 Å². The molecule has 2 heterocycles. The number of hydrogen-bond acceptors (Lipinski definition) is 4. The smallest absolute Gasteiger partial charge is 0.323 e. The molecule has 0 unspecified atom stereocenters. The Bertz CT molecular complexity index is 1140. The Morgan fingerprint density at radius 1 is 1.03 bits per heavy atom. The van der Waals surface area contributed by atoms with Gasteiger partial charge in [-0.1, -0.05) is 15.9 Å². The Morgan fingerprint density at radius 2 is 1.83 bits per heavy atom. The molecule has 0 fully saturated rings. The summed E-state index contributed by atoms with van der Waals surface area (Å²) >= 11 is 3.43. The maximum absolute atomic E-state index is 12.3. The number of ether oxygens (including phenoxy) is 2. The number of carbonyl (C=O) groups excluding carboxylic acids is 1. The van der Waals surface area contributed by atoms with Crippen LogP contribution in [0.1, 0.15) is 0 Å². The lowest BCUT2D eigenvalue weighted by Gasteiger charge is -2.08. The molecule has 29 heavy (non-hydrogen) atoms. The van der Waals surface area contributed by atoms with Gasteiger partial charge in [-0.05, 0) is 48.5 Å². The van der Waals surface area contributed by atoms with Gasteiger partial charge in [0.1, 0.15) is 11.5 Å². The molecule has 2 aromatic heterocycles. The number of nitrogens with one attached hydrogen (secondary N) is 3. The van der Waals surface area contributed by atoms with Gasteiger partial charge in [-0.15, -0.1) is 0 Å². The largest absolute Gasteiger partial charge is 0.497 e. The molecule has 0 radical (unpaired) electrons. The van der Waals surface area contributed by atoms with Gasteiger partial charge in [-0.3, -0.25) is 0 Å². The first-order valence-electron chi connectivity index (χ1n) is 8.73. The van der Waals surface area contributed by atoms with E-state index >= 15 is 0 Å². The van der Waals surface area contributed by atoms with Crippen LogP contribution in [0, 0.1) is 0 Å². The molecule has 0 saturated carbocycles. The van der Waals surface area contributed by atoms with Gasteiger partial charge in [0.2, 0.25) is 5.88 Å². The molecule has 4 rings (SSSR count). The number of anilines is 2. The van der Waals surface area contributed by atoms with E-state index in [1.54, 1.807) is 49.7 Å². The number of carbonyl (C=O) groups is 1. The Morgan fingerprint density at radius 3 is 2.55 bits per heavy atom. The number of nitrogens with zero attached hydrogens (tertiary/aromatic N) is 1. The van der Waals surface area contributed by atoms with Crippen LogP contribution in [0.25, 0.3) is 10.9 Å². The lowest BCUT2D eigenvalue weighted by atomic mass is 10.2. The summed E-state index contributed by atoms with van der Waals surface area (Å²) in [6.45, 7) is 0. The first-order valence-corrected chi connectivity index (χ1v) is 9.52. The first kappa shape index (κ1) is 18.8. The lowest BCUT2D eigenvalue weighted by molar-refractivity contribution is 0.262. The zero-order valence-electron chi connectivity index (χ0n) is 15.4. The van der Waals surface area contributed by atoms with Crippen LogP contribution in [-0.2, 0) is 0 Å². The van der Waals surface area contributed by atoms with Gasteiger partial charge in [0.25, 0.3) is 0 Å².